The molecule has 2 bridgehead atoms. The number of aliphatic carboxylic acids is 1. The number of hydrogen-bond donors (Lipinski definition) is 1. The lowest BCUT2D eigenvalue weighted by Crippen LogP contribution is -2.34. The van der Waals surface area contributed by atoms with Crippen molar-refractivity contribution < 1.29 is 9.90 Å². The van der Waals surface area contributed by atoms with Crippen LogP contribution in [0, 0.1) is 19.8 Å². The Balaban J connectivity index is 1.28. The molecule has 3 atom stereocenters. The van der Waals surface area contributed by atoms with Gasteiger partial charge in [-0.1, -0.05) is 35.9 Å². The van der Waals surface area contributed by atoms with E-state index in [0.717, 1.165) is 41.9 Å². The molecule has 2 aromatic heterocycles. The number of rotatable bonds is 5. The first kappa shape index (κ1) is 20.4. The lowest BCUT2D eigenvalue weighted by atomic mass is 9.85. The zero-order valence-corrected chi connectivity index (χ0v) is 19.2. The number of aromatic nitrogens is 2. The molecule has 1 saturated carbocycles. The first-order valence-corrected chi connectivity index (χ1v) is 11.9. The summed E-state index contributed by atoms with van der Waals surface area (Å²) in [7, 11) is 0. The van der Waals surface area contributed by atoms with Crippen molar-refractivity contribution in [2.24, 2.45) is 5.92 Å². The highest BCUT2D eigenvalue weighted by Gasteiger charge is 2.46. The lowest BCUT2D eigenvalue weighted by Gasteiger charge is -2.32. The summed E-state index contributed by atoms with van der Waals surface area (Å²) >= 11 is 0. The van der Waals surface area contributed by atoms with Gasteiger partial charge in [-0.2, -0.15) is 0 Å². The van der Waals surface area contributed by atoms with E-state index >= 15 is 0 Å². The number of likely N-dealkylation sites (tertiary alicyclic amines) is 1. The molecular formula is C28H29N3O2. The number of fused-ring (bicyclic) bond motifs is 4. The number of carboxylic acid groups (broad SMARTS) is 1. The fourth-order valence-electron chi connectivity index (χ4n) is 6.43. The van der Waals surface area contributed by atoms with Crippen LogP contribution in [0.1, 0.15) is 41.3 Å². The quantitative estimate of drug-likeness (QED) is 0.460. The van der Waals surface area contributed by atoms with Crippen LogP contribution in [0.3, 0.4) is 0 Å². The second-order valence-corrected chi connectivity index (χ2v) is 9.92. The summed E-state index contributed by atoms with van der Waals surface area (Å²) in [4.78, 5) is 19.1. The van der Waals surface area contributed by atoms with Crippen molar-refractivity contribution in [3.05, 3.63) is 77.1 Å². The molecule has 5 nitrogen and oxygen atoms in total. The number of carboxylic acids is 1. The van der Waals surface area contributed by atoms with E-state index in [4.69, 9.17) is 4.98 Å². The molecule has 1 aliphatic carbocycles. The molecule has 2 aliphatic rings. The molecule has 3 unspecified atom stereocenters. The number of piperidine rings is 1. The summed E-state index contributed by atoms with van der Waals surface area (Å²) in [6.07, 6.45) is 2.36. The fourth-order valence-corrected chi connectivity index (χ4v) is 6.43. The van der Waals surface area contributed by atoms with E-state index in [1.54, 1.807) is 0 Å². The molecule has 1 saturated heterocycles. The van der Waals surface area contributed by atoms with Gasteiger partial charge in [-0.15, -0.1) is 0 Å². The number of hydrogen-bond acceptors (Lipinski definition) is 3. The van der Waals surface area contributed by atoms with E-state index in [9.17, 15) is 9.90 Å². The van der Waals surface area contributed by atoms with Gasteiger partial charge in [-0.05, 0) is 68.4 Å². The minimum Gasteiger partial charge on any atom is -0.480 e. The van der Waals surface area contributed by atoms with Gasteiger partial charge >= 0.3 is 5.97 Å². The van der Waals surface area contributed by atoms with Crippen LogP contribution in [0.5, 0.6) is 0 Å². The molecule has 0 spiro atoms. The third kappa shape index (κ3) is 3.42. The Bertz CT molecular complexity index is 1390. The lowest BCUT2D eigenvalue weighted by molar-refractivity contribution is -0.137. The summed E-state index contributed by atoms with van der Waals surface area (Å²) in [6.45, 7) is 6.23. The van der Waals surface area contributed by atoms with E-state index in [2.05, 4.69) is 67.3 Å². The van der Waals surface area contributed by atoms with Crippen LogP contribution < -0.4 is 0 Å². The highest BCUT2D eigenvalue weighted by molar-refractivity contribution is 5.88. The average molecular weight is 440 g/mol. The molecular weight excluding hydrogens is 410 g/mol. The Labute approximate surface area is 193 Å². The Morgan fingerprint density at radius 1 is 1.09 bits per heavy atom. The fraction of sp³-hybridized carbons (Fsp3) is 0.357. The maximum absolute atomic E-state index is 11.6. The van der Waals surface area contributed by atoms with Gasteiger partial charge < -0.3 is 9.67 Å². The number of aryl methyl sites for hydroxylation is 1. The molecule has 1 N–H and O–H groups in total. The zero-order chi connectivity index (χ0) is 22.7. The van der Waals surface area contributed by atoms with Gasteiger partial charge in [0.05, 0.1) is 11.2 Å². The monoisotopic (exact) mass is 439 g/mol. The molecule has 6 rings (SSSR count). The Morgan fingerprint density at radius 3 is 2.73 bits per heavy atom. The van der Waals surface area contributed by atoms with E-state index in [1.807, 2.05) is 10.6 Å². The largest absolute Gasteiger partial charge is 0.480 e. The molecule has 1 aliphatic heterocycles. The highest BCUT2D eigenvalue weighted by Crippen LogP contribution is 2.50. The topological polar surface area (TPSA) is 58.4 Å². The minimum atomic E-state index is -0.788. The minimum absolute atomic E-state index is 0.0198. The van der Waals surface area contributed by atoms with Crippen molar-refractivity contribution in [3.8, 4) is 0 Å². The first-order chi connectivity index (χ1) is 16.0. The van der Waals surface area contributed by atoms with Crippen molar-refractivity contribution in [2.45, 2.75) is 51.7 Å². The molecule has 5 heteroatoms. The van der Waals surface area contributed by atoms with Crippen molar-refractivity contribution >= 4 is 27.8 Å². The van der Waals surface area contributed by atoms with E-state index in [-0.39, 0.29) is 6.54 Å². The Kier molecular flexibility index (Phi) is 4.77. The zero-order valence-electron chi connectivity index (χ0n) is 19.2. The summed E-state index contributed by atoms with van der Waals surface area (Å²) < 4.78 is 2.00. The number of para-hydroxylation sites is 1. The SMILES string of the molecule is Cc1ccc2c(c1)c(C1CC3CC1CN3Cc1ccc3ccccc3n1)c(C)n2CC(=O)O. The molecule has 4 aromatic rings. The van der Waals surface area contributed by atoms with Crippen molar-refractivity contribution in [1.82, 2.24) is 14.5 Å². The van der Waals surface area contributed by atoms with Crippen LogP contribution in [0.2, 0.25) is 0 Å². The van der Waals surface area contributed by atoms with Gasteiger partial charge in [0.2, 0.25) is 0 Å². The molecule has 2 aromatic carbocycles. The number of pyridine rings is 1. The van der Waals surface area contributed by atoms with Gasteiger partial charge in [-0.25, -0.2) is 0 Å². The third-order valence-electron chi connectivity index (χ3n) is 7.87. The Hall–Kier alpha value is -3.18. The second-order valence-electron chi connectivity index (χ2n) is 9.92. The standard InChI is InChI=1S/C28H29N3O2/c1-17-7-10-26-24(11-17)28(18(2)31(26)16-27(32)33)23-13-22-12-20(23)14-30(22)15-21-9-8-19-5-3-4-6-25(19)29-21/h3-11,20,22-23H,12-16H2,1-2H3,(H,32,33). The van der Waals surface area contributed by atoms with Crippen LogP contribution in [0.25, 0.3) is 21.8 Å². The van der Waals surface area contributed by atoms with E-state index < -0.39 is 5.97 Å². The number of carbonyl (C=O) groups is 1. The number of benzene rings is 2. The summed E-state index contributed by atoms with van der Waals surface area (Å²) in [6, 6.07) is 19.6. The maximum atomic E-state index is 11.6. The molecule has 168 valence electrons. The molecule has 0 radical (unpaired) electrons. The molecule has 33 heavy (non-hydrogen) atoms. The van der Waals surface area contributed by atoms with Crippen molar-refractivity contribution in [3.63, 3.8) is 0 Å². The van der Waals surface area contributed by atoms with Gasteiger partial charge in [0, 0.05) is 41.1 Å². The summed E-state index contributed by atoms with van der Waals surface area (Å²) in [5, 5.41) is 11.9. The highest BCUT2D eigenvalue weighted by atomic mass is 16.4. The van der Waals surface area contributed by atoms with Gasteiger partial charge in [-0.3, -0.25) is 14.7 Å². The first-order valence-electron chi connectivity index (χ1n) is 11.9. The second kappa shape index (κ2) is 7.70. The van der Waals surface area contributed by atoms with Crippen LogP contribution in [0.15, 0.2) is 54.6 Å². The van der Waals surface area contributed by atoms with Crippen molar-refractivity contribution in [1.29, 1.82) is 0 Å². The normalized spacial score (nSPS) is 22.5. The maximum Gasteiger partial charge on any atom is 0.323 e. The summed E-state index contributed by atoms with van der Waals surface area (Å²) in [5.74, 6) is 0.317. The smallest absolute Gasteiger partial charge is 0.323 e. The van der Waals surface area contributed by atoms with Crippen LogP contribution in [-0.4, -0.2) is 38.1 Å². The van der Waals surface area contributed by atoms with Crippen LogP contribution in [0.4, 0.5) is 0 Å². The van der Waals surface area contributed by atoms with Gasteiger partial charge in [0.25, 0.3) is 0 Å². The number of nitrogens with zero attached hydrogens (tertiary/aromatic N) is 3. The summed E-state index contributed by atoms with van der Waals surface area (Å²) in [5.41, 5.74) is 6.99. The molecule has 0 amide bonds. The van der Waals surface area contributed by atoms with E-state index in [0.29, 0.717) is 17.9 Å². The van der Waals surface area contributed by atoms with Crippen LogP contribution in [-0.2, 0) is 17.9 Å². The van der Waals surface area contributed by atoms with Gasteiger partial charge in [0.1, 0.15) is 6.54 Å². The predicted molar refractivity (Wildman–Crippen MR) is 130 cm³/mol. The van der Waals surface area contributed by atoms with Gasteiger partial charge in [0.15, 0.2) is 0 Å². The molecule has 3 heterocycles. The van der Waals surface area contributed by atoms with E-state index in [1.165, 1.54) is 28.3 Å². The third-order valence-corrected chi connectivity index (χ3v) is 7.87. The van der Waals surface area contributed by atoms with Crippen LogP contribution >= 0.6 is 0 Å². The Morgan fingerprint density at radius 2 is 1.94 bits per heavy atom. The molecule has 2 fully saturated rings. The average Bonchev–Trinajstić information content (AvgIpc) is 3.45. The predicted octanol–water partition coefficient (Wildman–Crippen LogP) is 5.27. The van der Waals surface area contributed by atoms with Crippen molar-refractivity contribution in [2.75, 3.05) is 6.54 Å².